The van der Waals surface area contributed by atoms with E-state index in [9.17, 15) is 4.79 Å². The predicted octanol–water partition coefficient (Wildman–Crippen LogP) is 4.96. The lowest BCUT2D eigenvalue weighted by Gasteiger charge is -2.26. The van der Waals surface area contributed by atoms with Crippen LogP contribution in [0.3, 0.4) is 0 Å². The first kappa shape index (κ1) is 16.2. The van der Waals surface area contributed by atoms with Gasteiger partial charge in [-0.2, -0.15) is 0 Å². The summed E-state index contributed by atoms with van der Waals surface area (Å²) >= 11 is 4.95. The second-order valence-electron chi connectivity index (χ2n) is 5.89. The molecule has 0 unspecified atom stereocenters. The molecule has 0 saturated carbocycles. The summed E-state index contributed by atoms with van der Waals surface area (Å²) in [5, 5.41) is 3.13. The number of carbonyl (C=O) groups is 1. The molecule has 21 heavy (non-hydrogen) atoms. The molecule has 0 fully saturated rings. The van der Waals surface area contributed by atoms with E-state index in [0.717, 1.165) is 27.1 Å². The van der Waals surface area contributed by atoms with Crippen molar-refractivity contribution in [1.29, 1.82) is 0 Å². The lowest BCUT2D eigenvalue weighted by atomic mass is 9.95. The van der Waals surface area contributed by atoms with Crippen molar-refractivity contribution in [1.82, 2.24) is 5.32 Å². The highest BCUT2D eigenvalue weighted by atomic mass is 79.9. The van der Waals surface area contributed by atoms with E-state index in [1.807, 2.05) is 31.2 Å². The first-order valence-corrected chi connectivity index (χ1v) is 8.61. The number of carbonyl (C=O) groups excluding carboxylic acids is 1. The van der Waals surface area contributed by atoms with Crippen LogP contribution in [0.15, 0.2) is 40.2 Å². The van der Waals surface area contributed by atoms with E-state index in [2.05, 4.69) is 47.2 Å². The van der Waals surface area contributed by atoms with Gasteiger partial charge in [-0.05, 0) is 66.7 Å². The highest BCUT2D eigenvalue weighted by molar-refractivity contribution is 9.11. The van der Waals surface area contributed by atoms with Gasteiger partial charge < -0.3 is 5.32 Å². The lowest BCUT2D eigenvalue weighted by Crippen LogP contribution is -2.43. The highest BCUT2D eigenvalue weighted by Gasteiger charge is 2.22. The minimum Gasteiger partial charge on any atom is -0.346 e. The molecule has 0 spiro atoms. The number of hydrogen-bond donors (Lipinski definition) is 1. The predicted molar refractivity (Wildman–Crippen MR) is 93.1 cm³/mol. The fourth-order valence-electron chi connectivity index (χ4n) is 2.10. The summed E-state index contributed by atoms with van der Waals surface area (Å²) < 4.78 is 1.02. The summed E-state index contributed by atoms with van der Waals surface area (Å²) in [5.74, 6) is 0.00635. The van der Waals surface area contributed by atoms with Crippen molar-refractivity contribution in [2.45, 2.75) is 39.2 Å². The van der Waals surface area contributed by atoms with Crippen LogP contribution in [-0.2, 0) is 6.42 Å². The molecule has 0 bridgehead atoms. The van der Waals surface area contributed by atoms with Gasteiger partial charge in [-0.3, -0.25) is 4.79 Å². The number of halogens is 1. The summed E-state index contributed by atoms with van der Waals surface area (Å²) in [5.41, 5.74) is 2.18. The Morgan fingerprint density at radius 3 is 2.52 bits per heavy atom. The van der Waals surface area contributed by atoms with Crippen LogP contribution in [0.2, 0.25) is 0 Å². The summed E-state index contributed by atoms with van der Waals surface area (Å²) in [6, 6.07) is 12.3. The van der Waals surface area contributed by atoms with Gasteiger partial charge in [0.05, 0.1) is 8.66 Å². The molecule has 2 nitrogen and oxygen atoms in total. The molecular formula is C17H20BrNOS. The van der Waals surface area contributed by atoms with Gasteiger partial charge in [0.2, 0.25) is 0 Å². The third-order valence-corrected chi connectivity index (χ3v) is 5.55. The van der Waals surface area contributed by atoms with Crippen LogP contribution in [0.25, 0.3) is 0 Å². The van der Waals surface area contributed by atoms with E-state index >= 15 is 0 Å². The SMILES string of the molecule is Cc1cc(C(=O)NC(C)(C)CCc2ccccc2)sc1Br. The van der Waals surface area contributed by atoms with E-state index in [1.165, 1.54) is 16.9 Å². The Bertz CT molecular complexity index is 599. The summed E-state index contributed by atoms with van der Waals surface area (Å²) in [7, 11) is 0. The van der Waals surface area contributed by atoms with E-state index in [0.29, 0.717) is 0 Å². The fourth-order valence-corrected chi connectivity index (χ4v) is 3.53. The zero-order valence-electron chi connectivity index (χ0n) is 12.6. The van der Waals surface area contributed by atoms with Gasteiger partial charge in [-0.15, -0.1) is 11.3 Å². The molecule has 0 atom stereocenters. The summed E-state index contributed by atoms with van der Waals surface area (Å²) in [6.07, 6.45) is 1.87. The quantitative estimate of drug-likeness (QED) is 0.796. The number of nitrogens with one attached hydrogen (secondary N) is 1. The fraction of sp³-hybridized carbons (Fsp3) is 0.353. The molecule has 1 amide bonds. The van der Waals surface area contributed by atoms with Crippen molar-refractivity contribution >= 4 is 33.2 Å². The van der Waals surface area contributed by atoms with Crippen LogP contribution in [0, 0.1) is 6.92 Å². The summed E-state index contributed by atoms with van der Waals surface area (Å²) in [6.45, 7) is 6.14. The molecule has 4 heteroatoms. The van der Waals surface area contributed by atoms with Crippen LogP contribution < -0.4 is 5.32 Å². The molecule has 1 aromatic heterocycles. The first-order valence-electron chi connectivity index (χ1n) is 7.00. The van der Waals surface area contributed by atoms with Crippen molar-refractivity contribution in [2.75, 3.05) is 0 Å². The van der Waals surface area contributed by atoms with Gasteiger partial charge in [0, 0.05) is 5.54 Å². The number of thiophene rings is 1. The third kappa shape index (κ3) is 4.68. The van der Waals surface area contributed by atoms with E-state index in [4.69, 9.17) is 0 Å². The van der Waals surface area contributed by atoms with Gasteiger partial charge in [-0.1, -0.05) is 30.3 Å². The molecule has 2 rings (SSSR count). The first-order chi connectivity index (χ1) is 9.87. The minimum atomic E-state index is -0.225. The Kier molecular flexibility index (Phi) is 5.22. The maximum Gasteiger partial charge on any atom is 0.261 e. The lowest BCUT2D eigenvalue weighted by molar-refractivity contribution is 0.0913. The molecule has 1 N–H and O–H groups in total. The van der Waals surface area contributed by atoms with Gasteiger partial charge in [0.25, 0.3) is 5.91 Å². The third-order valence-electron chi connectivity index (χ3n) is 3.41. The number of amides is 1. The van der Waals surface area contributed by atoms with Crippen molar-refractivity contribution in [3.63, 3.8) is 0 Å². The zero-order valence-corrected chi connectivity index (χ0v) is 15.0. The van der Waals surface area contributed by atoms with E-state index < -0.39 is 0 Å². The number of rotatable bonds is 5. The Hall–Kier alpha value is -1.13. The standard InChI is InChI=1S/C17H20BrNOS/c1-12-11-14(21-15(12)18)16(20)19-17(2,3)10-9-13-7-5-4-6-8-13/h4-8,11H,9-10H2,1-3H3,(H,19,20). The van der Waals surface area contributed by atoms with Crippen LogP contribution in [0.1, 0.15) is 41.1 Å². The monoisotopic (exact) mass is 365 g/mol. The van der Waals surface area contributed by atoms with Gasteiger partial charge in [0.15, 0.2) is 0 Å². The molecule has 1 aromatic carbocycles. The Morgan fingerprint density at radius 2 is 1.95 bits per heavy atom. The van der Waals surface area contributed by atoms with Crippen LogP contribution in [-0.4, -0.2) is 11.4 Å². The molecule has 0 radical (unpaired) electrons. The van der Waals surface area contributed by atoms with Crippen LogP contribution >= 0.6 is 27.3 Å². The number of aryl methyl sites for hydroxylation is 2. The average molecular weight is 366 g/mol. The zero-order chi connectivity index (χ0) is 15.5. The molecule has 2 aromatic rings. The van der Waals surface area contributed by atoms with E-state index in [1.54, 1.807) is 0 Å². The van der Waals surface area contributed by atoms with Crippen molar-refractivity contribution in [2.24, 2.45) is 0 Å². The maximum atomic E-state index is 12.3. The normalized spacial score (nSPS) is 11.4. The highest BCUT2D eigenvalue weighted by Crippen LogP contribution is 2.27. The molecule has 1 heterocycles. The minimum absolute atomic E-state index is 0.00635. The van der Waals surface area contributed by atoms with Crippen molar-refractivity contribution < 1.29 is 4.79 Å². The molecular weight excluding hydrogens is 346 g/mol. The molecule has 0 aliphatic carbocycles. The Balaban J connectivity index is 1.95. The number of benzene rings is 1. The average Bonchev–Trinajstić information content (AvgIpc) is 2.78. The Morgan fingerprint density at radius 1 is 1.29 bits per heavy atom. The number of hydrogen-bond acceptors (Lipinski definition) is 2. The van der Waals surface area contributed by atoms with Gasteiger partial charge >= 0.3 is 0 Å². The second kappa shape index (κ2) is 6.75. The van der Waals surface area contributed by atoms with Crippen molar-refractivity contribution in [3.8, 4) is 0 Å². The maximum absolute atomic E-state index is 12.3. The van der Waals surface area contributed by atoms with Crippen molar-refractivity contribution in [3.05, 3.63) is 56.2 Å². The van der Waals surface area contributed by atoms with E-state index in [-0.39, 0.29) is 11.4 Å². The van der Waals surface area contributed by atoms with Crippen LogP contribution in [0.5, 0.6) is 0 Å². The Labute approximate surface area is 138 Å². The molecule has 112 valence electrons. The largest absolute Gasteiger partial charge is 0.346 e. The van der Waals surface area contributed by atoms with Gasteiger partial charge in [0.1, 0.15) is 0 Å². The molecule has 0 aliphatic heterocycles. The van der Waals surface area contributed by atoms with Gasteiger partial charge in [-0.25, -0.2) is 0 Å². The molecule has 0 aliphatic rings. The topological polar surface area (TPSA) is 29.1 Å². The van der Waals surface area contributed by atoms with Crippen LogP contribution in [0.4, 0.5) is 0 Å². The smallest absolute Gasteiger partial charge is 0.261 e. The summed E-state index contributed by atoms with van der Waals surface area (Å²) in [4.78, 5) is 13.1. The molecule has 0 saturated heterocycles. The second-order valence-corrected chi connectivity index (χ2v) is 8.26.